The van der Waals surface area contributed by atoms with Gasteiger partial charge in [0.05, 0.1) is 12.7 Å². The third kappa shape index (κ3) is 3.01. The molecular weight excluding hydrogens is 352 g/mol. The van der Waals surface area contributed by atoms with Crippen molar-refractivity contribution in [2.45, 2.75) is 36.6 Å². The van der Waals surface area contributed by atoms with Gasteiger partial charge in [-0.2, -0.15) is 0 Å². The Hall–Kier alpha value is -2.61. The molecule has 0 saturated carbocycles. The highest BCUT2D eigenvalue weighted by Crippen LogP contribution is 2.26. The Morgan fingerprint density at radius 3 is 2.77 bits per heavy atom. The van der Waals surface area contributed by atoms with Gasteiger partial charge in [0.2, 0.25) is 5.78 Å². The normalized spacial score (nSPS) is 13.6. The largest absolute Gasteiger partial charge is 0.465 e. The van der Waals surface area contributed by atoms with Gasteiger partial charge < -0.3 is 4.74 Å². The molecule has 1 aliphatic carbocycles. The molecule has 1 aromatic carbocycles. The van der Waals surface area contributed by atoms with E-state index >= 15 is 0 Å². The average Bonchev–Trinajstić information content (AvgIpc) is 3.09. The second-order valence-electron chi connectivity index (χ2n) is 6.21. The third-order valence-corrected chi connectivity index (χ3v) is 5.58. The van der Waals surface area contributed by atoms with Crippen molar-refractivity contribution >= 4 is 23.5 Å². The highest BCUT2D eigenvalue weighted by atomic mass is 32.2. The molecule has 0 aliphatic heterocycles. The van der Waals surface area contributed by atoms with Gasteiger partial charge in [0.1, 0.15) is 0 Å². The Bertz CT molecular complexity index is 1020. The maximum Gasteiger partial charge on any atom is 0.337 e. The number of nitrogens with one attached hydrogen (secondary N) is 1. The van der Waals surface area contributed by atoms with Crippen LogP contribution in [0.3, 0.4) is 0 Å². The maximum atomic E-state index is 12.2. The van der Waals surface area contributed by atoms with Gasteiger partial charge in [-0.15, -0.1) is 10.2 Å². The van der Waals surface area contributed by atoms with Crippen molar-refractivity contribution in [3.8, 4) is 0 Å². The summed E-state index contributed by atoms with van der Waals surface area (Å²) >= 11 is 1.56. The van der Waals surface area contributed by atoms with Crippen molar-refractivity contribution in [3.63, 3.8) is 0 Å². The fourth-order valence-electron chi connectivity index (χ4n) is 3.25. The summed E-state index contributed by atoms with van der Waals surface area (Å²) < 4.78 is 6.69. The molecule has 0 amide bonds. The number of carbonyl (C=O) groups is 1. The Morgan fingerprint density at radius 1 is 1.23 bits per heavy atom. The molecule has 134 valence electrons. The van der Waals surface area contributed by atoms with Crippen LogP contribution < -0.4 is 5.56 Å². The summed E-state index contributed by atoms with van der Waals surface area (Å²) in [6.07, 6.45) is 3.79. The second-order valence-corrected chi connectivity index (χ2v) is 7.15. The zero-order valence-electron chi connectivity index (χ0n) is 14.3. The molecule has 3 aromatic rings. The molecular formula is C18H18N4O3S. The maximum absolute atomic E-state index is 12.2. The molecule has 1 aliphatic rings. The van der Waals surface area contributed by atoms with E-state index in [1.54, 1.807) is 23.9 Å². The Kier molecular flexibility index (Phi) is 4.50. The number of rotatable bonds is 4. The average molecular weight is 370 g/mol. The van der Waals surface area contributed by atoms with E-state index in [-0.39, 0.29) is 11.5 Å². The van der Waals surface area contributed by atoms with Gasteiger partial charge in [-0.3, -0.25) is 14.2 Å². The summed E-state index contributed by atoms with van der Waals surface area (Å²) in [5, 5.41) is 9.14. The summed E-state index contributed by atoms with van der Waals surface area (Å²) in [6, 6.07) is 7.31. The lowest BCUT2D eigenvalue weighted by Gasteiger charge is -2.16. The number of benzene rings is 1. The molecule has 26 heavy (non-hydrogen) atoms. The molecule has 0 atom stereocenters. The van der Waals surface area contributed by atoms with Crippen molar-refractivity contribution in [1.29, 1.82) is 0 Å². The number of aromatic nitrogens is 4. The van der Waals surface area contributed by atoms with Crippen LogP contribution in [0.25, 0.3) is 5.78 Å². The van der Waals surface area contributed by atoms with Crippen LogP contribution in [0.4, 0.5) is 0 Å². The lowest BCUT2D eigenvalue weighted by Crippen LogP contribution is -2.22. The van der Waals surface area contributed by atoms with Crippen LogP contribution in [-0.4, -0.2) is 32.7 Å². The van der Waals surface area contributed by atoms with Crippen LogP contribution in [-0.2, 0) is 23.3 Å². The fraction of sp³-hybridized carbons (Fsp3) is 0.333. The number of ether oxygens (including phenoxy) is 1. The van der Waals surface area contributed by atoms with Crippen LogP contribution in [0, 0.1) is 0 Å². The first-order valence-electron chi connectivity index (χ1n) is 8.46. The van der Waals surface area contributed by atoms with E-state index in [9.17, 15) is 9.59 Å². The Morgan fingerprint density at radius 2 is 2.00 bits per heavy atom. The number of H-pyrrole nitrogens is 1. The van der Waals surface area contributed by atoms with Crippen molar-refractivity contribution in [2.75, 3.05) is 7.11 Å². The van der Waals surface area contributed by atoms with Gasteiger partial charge in [0, 0.05) is 17.0 Å². The third-order valence-electron chi connectivity index (χ3n) is 4.58. The molecule has 0 unspecified atom stereocenters. The zero-order chi connectivity index (χ0) is 18.1. The first kappa shape index (κ1) is 16.8. The molecule has 0 spiro atoms. The molecule has 0 saturated heterocycles. The number of aromatic amines is 1. The van der Waals surface area contributed by atoms with Crippen molar-refractivity contribution in [3.05, 3.63) is 57.0 Å². The predicted octanol–water partition coefficient (Wildman–Crippen LogP) is 2.38. The first-order chi connectivity index (χ1) is 12.7. The minimum absolute atomic E-state index is 0.0467. The first-order valence-corrected chi connectivity index (χ1v) is 9.45. The molecule has 2 aromatic heterocycles. The number of hydrogen-bond donors (Lipinski definition) is 1. The van der Waals surface area contributed by atoms with Gasteiger partial charge in [-0.25, -0.2) is 4.79 Å². The van der Waals surface area contributed by atoms with E-state index in [1.165, 1.54) is 7.11 Å². The molecule has 4 rings (SSSR count). The molecule has 0 bridgehead atoms. The van der Waals surface area contributed by atoms with Crippen LogP contribution >= 0.6 is 11.8 Å². The summed E-state index contributed by atoms with van der Waals surface area (Å²) in [4.78, 5) is 26.5. The monoisotopic (exact) mass is 370 g/mol. The summed E-state index contributed by atoms with van der Waals surface area (Å²) in [7, 11) is 1.37. The summed E-state index contributed by atoms with van der Waals surface area (Å²) in [6.45, 7) is 0. The van der Waals surface area contributed by atoms with Crippen LogP contribution in [0.15, 0.2) is 34.2 Å². The topological polar surface area (TPSA) is 89.3 Å². The van der Waals surface area contributed by atoms with Gasteiger partial charge >= 0.3 is 5.97 Å². The van der Waals surface area contributed by atoms with Crippen molar-refractivity contribution in [1.82, 2.24) is 19.6 Å². The lowest BCUT2D eigenvalue weighted by molar-refractivity contribution is 0.0600. The minimum Gasteiger partial charge on any atom is -0.465 e. The van der Waals surface area contributed by atoms with E-state index < -0.39 is 0 Å². The molecule has 7 nitrogen and oxygen atoms in total. The van der Waals surface area contributed by atoms with E-state index in [0.717, 1.165) is 47.7 Å². The Labute approximate surface area is 153 Å². The standard InChI is InChI=1S/C18H18N4O3S/c1-25-16(24)12-8-6-11(7-9-12)10-26-18-21-20-17-19-15(23)13-4-2-3-5-14(13)22(17)18/h6-9H,2-5,10H2,1H3,(H,19,20,23). The molecule has 2 heterocycles. The Balaban J connectivity index is 1.60. The fourth-order valence-corrected chi connectivity index (χ4v) is 4.16. The van der Waals surface area contributed by atoms with E-state index in [1.807, 2.05) is 16.5 Å². The summed E-state index contributed by atoms with van der Waals surface area (Å²) in [5.41, 5.74) is 3.43. The molecule has 1 N–H and O–H groups in total. The highest BCUT2D eigenvalue weighted by Gasteiger charge is 2.20. The smallest absolute Gasteiger partial charge is 0.337 e. The van der Waals surface area contributed by atoms with Gasteiger partial charge in [-0.1, -0.05) is 23.9 Å². The summed E-state index contributed by atoms with van der Waals surface area (Å²) in [5.74, 6) is 0.846. The number of fused-ring (bicyclic) bond motifs is 3. The van der Waals surface area contributed by atoms with Gasteiger partial charge in [0.15, 0.2) is 5.16 Å². The van der Waals surface area contributed by atoms with E-state index in [4.69, 9.17) is 4.74 Å². The predicted molar refractivity (Wildman–Crippen MR) is 97.6 cm³/mol. The molecule has 0 radical (unpaired) electrons. The van der Waals surface area contributed by atoms with Crippen LogP contribution in [0.5, 0.6) is 0 Å². The second kappa shape index (κ2) is 6.95. The van der Waals surface area contributed by atoms with Gasteiger partial charge in [-0.05, 0) is 43.4 Å². The minimum atomic E-state index is -0.344. The van der Waals surface area contributed by atoms with E-state index in [0.29, 0.717) is 17.1 Å². The molecule has 8 heteroatoms. The van der Waals surface area contributed by atoms with Crippen LogP contribution in [0.1, 0.15) is 40.0 Å². The number of carbonyl (C=O) groups excluding carboxylic acids is 1. The highest BCUT2D eigenvalue weighted by molar-refractivity contribution is 7.98. The quantitative estimate of drug-likeness (QED) is 0.560. The van der Waals surface area contributed by atoms with Crippen molar-refractivity contribution < 1.29 is 9.53 Å². The number of hydrogen-bond acceptors (Lipinski definition) is 6. The number of thioether (sulfide) groups is 1. The van der Waals surface area contributed by atoms with Crippen molar-refractivity contribution in [2.24, 2.45) is 0 Å². The lowest BCUT2D eigenvalue weighted by atomic mass is 9.97. The van der Waals surface area contributed by atoms with E-state index in [2.05, 4.69) is 15.2 Å². The number of aryl methyl sites for hydroxylation is 1. The number of methoxy groups -OCH3 is 1. The zero-order valence-corrected chi connectivity index (χ0v) is 15.1. The van der Waals surface area contributed by atoms with Crippen LogP contribution in [0.2, 0.25) is 0 Å². The molecule has 0 fully saturated rings. The number of esters is 1. The number of nitrogens with zero attached hydrogens (tertiary/aromatic N) is 3. The van der Waals surface area contributed by atoms with Gasteiger partial charge in [0.25, 0.3) is 5.56 Å². The SMILES string of the molecule is COC(=O)c1ccc(CSc2nnc3[nH]c(=O)c4c(n23)CCCC4)cc1.